The van der Waals surface area contributed by atoms with Gasteiger partial charge in [0.1, 0.15) is 5.60 Å². The predicted molar refractivity (Wildman–Crippen MR) is 78.3 cm³/mol. The van der Waals surface area contributed by atoms with E-state index in [4.69, 9.17) is 10.5 Å². The van der Waals surface area contributed by atoms with Gasteiger partial charge in [-0.3, -0.25) is 0 Å². The van der Waals surface area contributed by atoms with E-state index in [0.717, 1.165) is 0 Å². The number of ether oxygens (including phenoxy) is 1. The maximum Gasteiger partial charge on any atom is 0.407 e. The Morgan fingerprint density at radius 2 is 1.71 bits per heavy atom. The highest BCUT2D eigenvalue weighted by Crippen LogP contribution is 2.56. The van der Waals surface area contributed by atoms with Crippen molar-refractivity contribution in [1.82, 2.24) is 5.32 Å². The summed E-state index contributed by atoms with van der Waals surface area (Å²) in [6.07, 6.45) is -1.19. The van der Waals surface area contributed by atoms with Gasteiger partial charge in [0.25, 0.3) is 0 Å². The molecule has 124 valence electrons. The highest BCUT2D eigenvalue weighted by Gasteiger charge is 2.61. The molecule has 1 saturated carbocycles. The van der Waals surface area contributed by atoms with Crippen LogP contribution in [0.25, 0.3) is 0 Å². The molecule has 1 fully saturated rings. The average molecular weight is 306 g/mol. The molecule has 1 aliphatic rings. The molecule has 1 rings (SSSR count). The largest absolute Gasteiger partial charge is 0.444 e. The van der Waals surface area contributed by atoms with Gasteiger partial charge in [-0.15, -0.1) is 0 Å². The van der Waals surface area contributed by atoms with Crippen LogP contribution in [-0.2, 0) is 4.74 Å². The van der Waals surface area contributed by atoms with E-state index in [1.165, 1.54) is 0 Å². The number of carbonyl (C=O) groups is 1. The highest BCUT2D eigenvalue weighted by atomic mass is 19.3. The van der Waals surface area contributed by atoms with Gasteiger partial charge in [-0.25, -0.2) is 13.6 Å². The van der Waals surface area contributed by atoms with Crippen molar-refractivity contribution in [2.45, 2.75) is 71.9 Å². The zero-order valence-electron chi connectivity index (χ0n) is 13.8. The summed E-state index contributed by atoms with van der Waals surface area (Å²) in [4.78, 5) is 12.0. The summed E-state index contributed by atoms with van der Waals surface area (Å²) in [5.41, 5.74) is 3.96. The van der Waals surface area contributed by atoms with Gasteiger partial charge in [0, 0.05) is 30.8 Å². The van der Waals surface area contributed by atoms with Crippen LogP contribution >= 0.6 is 0 Å². The first-order valence-electron chi connectivity index (χ1n) is 7.28. The van der Waals surface area contributed by atoms with Crippen molar-refractivity contribution in [3.05, 3.63) is 0 Å². The quantitative estimate of drug-likeness (QED) is 0.841. The average Bonchev–Trinajstić information content (AvgIpc) is 2.17. The molecule has 21 heavy (non-hydrogen) atoms. The lowest BCUT2D eigenvalue weighted by molar-refractivity contribution is -0.180. The lowest BCUT2D eigenvalue weighted by Crippen LogP contribution is -2.65. The Labute approximate surface area is 125 Å². The highest BCUT2D eigenvalue weighted by molar-refractivity contribution is 5.68. The first kappa shape index (κ1) is 18.1. The number of alkyl carbamates (subject to hydrolysis) is 1. The molecule has 1 amide bonds. The number of rotatable bonds is 3. The van der Waals surface area contributed by atoms with Gasteiger partial charge in [-0.1, -0.05) is 20.8 Å². The van der Waals surface area contributed by atoms with E-state index >= 15 is 0 Å². The Kier molecular flexibility index (Phi) is 4.64. The first-order valence-corrected chi connectivity index (χ1v) is 7.28. The minimum Gasteiger partial charge on any atom is -0.444 e. The molecule has 3 N–H and O–H groups in total. The fraction of sp³-hybridized carbons (Fsp3) is 0.933. The third kappa shape index (κ3) is 4.53. The molecule has 0 aromatic heterocycles. The molecule has 1 unspecified atom stereocenters. The molecule has 0 saturated heterocycles. The summed E-state index contributed by atoms with van der Waals surface area (Å²) in [5.74, 6) is -2.70. The van der Waals surface area contributed by atoms with E-state index in [2.05, 4.69) is 5.32 Å². The predicted octanol–water partition coefficient (Wildman–Crippen LogP) is 3.30. The zero-order valence-corrected chi connectivity index (χ0v) is 13.8. The van der Waals surface area contributed by atoms with Crippen LogP contribution in [0.4, 0.5) is 13.6 Å². The SMILES string of the molecule is CC(C)(C)OC(=O)NC(C(C)(C)C)C1(CN)CC(F)(F)C1. The summed E-state index contributed by atoms with van der Waals surface area (Å²) in [5, 5.41) is 2.77. The summed E-state index contributed by atoms with van der Waals surface area (Å²) in [7, 11) is 0. The molecule has 0 spiro atoms. The van der Waals surface area contributed by atoms with Crippen LogP contribution < -0.4 is 11.1 Å². The Hall–Kier alpha value is -0.910. The van der Waals surface area contributed by atoms with Crippen LogP contribution in [0.15, 0.2) is 0 Å². The Morgan fingerprint density at radius 1 is 1.24 bits per heavy atom. The van der Waals surface area contributed by atoms with Crippen LogP contribution in [-0.4, -0.2) is 30.2 Å². The van der Waals surface area contributed by atoms with Gasteiger partial charge < -0.3 is 15.8 Å². The fourth-order valence-electron chi connectivity index (χ4n) is 3.16. The normalized spacial score (nSPS) is 22.1. The van der Waals surface area contributed by atoms with E-state index in [9.17, 15) is 13.6 Å². The van der Waals surface area contributed by atoms with Crippen LogP contribution in [0.3, 0.4) is 0 Å². The number of nitrogens with one attached hydrogen (secondary N) is 1. The van der Waals surface area contributed by atoms with E-state index < -0.39 is 34.5 Å². The van der Waals surface area contributed by atoms with Crippen molar-refractivity contribution in [1.29, 1.82) is 0 Å². The first-order chi connectivity index (χ1) is 9.21. The smallest absolute Gasteiger partial charge is 0.407 e. The lowest BCUT2D eigenvalue weighted by Gasteiger charge is -2.55. The molecule has 0 aliphatic heterocycles. The lowest BCUT2D eigenvalue weighted by atomic mass is 9.56. The van der Waals surface area contributed by atoms with Crippen molar-refractivity contribution in [3.8, 4) is 0 Å². The van der Waals surface area contributed by atoms with Gasteiger partial charge in [-0.2, -0.15) is 0 Å². The Balaban J connectivity index is 2.90. The number of amides is 1. The molecular formula is C15H28F2N2O2. The number of alkyl halides is 2. The Morgan fingerprint density at radius 3 is 2.00 bits per heavy atom. The van der Waals surface area contributed by atoms with Gasteiger partial charge in [0.2, 0.25) is 5.92 Å². The monoisotopic (exact) mass is 306 g/mol. The Bertz CT molecular complexity index is 389. The molecule has 0 heterocycles. The second-order valence-corrected chi connectivity index (χ2v) is 8.22. The molecule has 0 radical (unpaired) electrons. The van der Waals surface area contributed by atoms with Crippen molar-refractivity contribution in [3.63, 3.8) is 0 Å². The van der Waals surface area contributed by atoms with Crippen LogP contribution in [0.2, 0.25) is 0 Å². The third-order valence-electron chi connectivity index (χ3n) is 3.77. The van der Waals surface area contributed by atoms with E-state index in [1.54, 1.807) is 20.8 Å². The molecule has 6 heteroatoms. The fourth-order valence-corrected chi connectivity index (χ4v) is 3.16. The van der Waals surface area contributed by atoms with Gasteiger partial charge in [-0.05, 0) is 26.2 Å². The van der Waals surface area contributed by atoms with E-state index in [1.807, 2.05) is 20.8 Å². The third-order valence-corrected chi connectivity index (χ3v) is 3.77. The van der Waals surface area contributed by atoms with Crippen LogP contribution in [0.1, 0.15) is 54.4 Å². The minimum atomic E-state index is -2.70. The number of halogens is 2. The van der Waals surface area contributed by atoms with Crippen molar-refractivity contribution in [2.75, 3.05) is 6.54 Å². The minimum absolute atomic E-state index is 0.111. The molecule has 1 atom stereocenters. The maximum atomic E-state index is 13.4. The van der Waals surface area contributed by atoms with Gasteiger partial charge in [0.05, 0.1) is 0 Å². The zero-order chi connectivity index (χ0) is 16.7. The molecule has 1 aliphatic carbocycles. The number of hydrogen-bond donors (Lipinski definition) is 2. The van der Waals surface area contributed by atoms with E-state index in [0.29, 0.717) is 0 Å². The second-order valence-electron chi connectivity index (χ2n) is 8.22. The van der Waals surface area contributed by atoms with Crippen molar-refractivity contribution < 1.29 is 18.3 Å². The van der Waals surface area contributed by atoms with Crippen molar-refractivity contribution >= 4 is 6.09 Å². The van der Waals surface area contributed by atoms with Crippen molar-refractivity contribution in [2.24, 2.45) is 16.6 Å². The molecule has 0 aromatic carbocycles. The second kappa shape index (κ2) is 5.38. The molecule has 4 nitrogen and oxygen atoms in total. The number of hydrogen-bond acceptors (Lipinski definition) is 3. The van der Waals surface area contributed by atoms with E-state index in [-0.39, 0.29) is 19.4 Å². The summed E-state index contributed by atoms with van der Waals surface area (Å²) < 4.78 is 32.0. The summed E-state index contributed by atoms with van der Waals surface area (Å²) in [6, 6.07) is -0.468. The van der Waals surface area contributed by atoms with Gasteiger partial charge in [0.15, 0.2) is 0 Å². The molecule has 0 aromatic rings. The number of carbonyl (C=O) groups excluding carboxylic acids is 1. The van der Waals surface area contributed by atoms with Gasteiger partial charge >= 0.3 is 6.09 Å². The summed E-state index contributed by atoms with van der Waals surface area (Å²) >= 11 is 0. The molecular weight excluding hydrogens is 278 g/mol. The standard InChI is InChI=1S/C15H28F2N2O2/c1-12(2,3)10(19-11(20)21-13(4,5)6)14(9-18)7-15(16,17)8-14/h10H,7-9,18H2,1-6H3,(H,19,20). The summed E-state index contributed by atoms with van der Waals surface area (Å²) in [6.45, 7) is 11.1. The van der Waals surface area contributed by atoms with Crippen LogP contribution in [0.5, 0.6) is 0 Å². The topological polar surface area (TPSA) is 64.3 Å². The number of nitrogens with two attached hydrogens (primary N) is 1. The van der Waals surface area contributed by atoms with Crippen LogP contribution in [0, 0.1) is 10.8 Å². The molecule has 0 bridgehead atoms. The maximum absolute atomic E-state index is 13.4.